The highest BCUT2D eigenvalue weighted by molar-refractivity contribution is 5.81. The van der Waals surface area contributed by atoms with Crippen molar-refractivity contribution >= 4 is 11.0 Å². The van der Waals surface area contributed by atoms with Crippen LogP contribution in [0.15, 0.2) is 30.7 Å². The van der Waals surface area contributed by atoms with Crippen molar-refractivity contribution in [1.82, 2.24) is 19.1 Å². The summed E-state index contributed by atoms with van der Waals surface area (Å²) in [7, 11) is 1.96. The van der Waals surface area contributed by atoms with E-state index in [1.165, 1.54) is 0 Å². The number of hydrogen-bond acceptors (Lipinski definition) is 3. The highest BCUT2D eigenvalue weighted by atomic mass is 15.1. The first-order valence-electron chi connectivity index (χ1n) is 6.97. The first kappa shape index (κ1) is 13.4. The lowest BCUT2D eigenvalue weighted by Crippen LogP contribution is -2.07. The van der Waals surface area contributed by atoms with Gasteiger partial charge in [-0.1, -0.05) is 13.8 Å². The molecule has 106 valence electrons. The lowest BCUT2D eigenvalue weighted by atomic mass is 10.2. The number of nitrogens with zero attached hydrogens (tertiary/aromatic N) is 5. The van der Waals surface area contributed by atoms with E-state index >= 15 is 0 Å². The minimum atomic E-state index is 0.505. The summed E-state index contributed by atoms with van der Waals surface area (Å²) in [6, 6.07) is 7.82. The lowest BCUT2D eigenvalue weighted by Gasteiger charge is -2.11. The minimum Gasteiger partial charge on any atom is -0.331 e. The second kappa shape index (κ2) is 5.06. The molecule has 0 N–H and O–H groups in total. The van der Waals surface area contributed by atoms with Crippen LogP contribution >= 0.6 is 0 Å². The van der Waals surface area contributed by atoms with Gasteiger partial charge in [0, 0.05) is 13.6 Å². The number of fused-ring (bicyclic) bond motifs is 1. The van der Waals surface area contributed by atoms with Crippen molar-refractivity contribution in [2.24, 2.45) is 13.0 Å². The fourth-order valence-electron chi connectivity index (χ4n) is 2.52. The summed E-state index contributed by atoms with van der Waals surface area (Å²) in [6.45, 7) is 5.24. The Hall–Kier alpha value is -2.61. The quantitative estimate of drug-likeness (QED) is 0.740. The Labute approximate surface area is 123 Å². The van der Waals surface area contributed by atoms with Crippen molar-refractivity contribution in [3.8, 4) is 17.6 Å². The molecule has 0 amide bonds. The van der Waals surface area contributed by atoms with Gasteiger partial charge in [0.05, 0.1) is 35.2 Å². The number of aryl methyl sites for hydroxylation is 1. The topological polar surface area (TPSA) is 59.4 Å². The Morgan fingerprint density at radius 1 is 1.33 bits per heavy atom. The molecule has 0 bridgehead atoms. The summed E-state index contributed by atoms with van der Waals surface area (Å²) < 4.78 is 4.17. The van der Waals surface area contributed by atoms with Crippen LogP contribution in [0.5, 0.6) is 0 Å². The Morgan fingerprint density at radius 2 is 2.14 bits per heavy atom. The van der Waals surface area contributed by atoms with Gasteiger partial charge in [-0.3, -0.25) is 0 Å². The van der Waals surface area contributed by atoms with Crippen molar-refractivity contribution < 1.29 is 0 Å². The van der Waals surface area contributed by atoms with E-state index in [1.807, 2.05) is 36.0 Å². The van der Waals surface area contributed by atoms with Crippen molar-refractivity contribution in [3.63, 3.8) is 0 Å². The summed E-state index contributed by atoms with van der Waals surface area (Å²) >= 11 is 0. The first-order valence-corrected chi connectivity index (χ1v) is 6.97. The van der Waals surface area contributed by atoms with Crippen LogP contribution in [0, 0.1) is 17.2 Å². The van der Waals surface area contributed by atoms with Crippen LogP contribution < -0.4 is 0 Å². The molecular formula is C16H17N5. The van der Waals surface area contributed by atoms with Gasteiger partial charge in [-0.2, -0.15) is 5.26 Å². The zero-order chi connectivity index (χ0) is 15.0. The number of aromatic nitrogens is 4. The van der Waals surface area contributed by atoms with Crippen LogP contribution in [0.3, 0.4) is 0 Å². The van der Waals surface area contributed by atoms with Crippen molar-refractivity contribution in [3.05, 3.63) is 36.3 Å². The summed E-state index contributed by atoms with van der Waals surface area (Å²) in [5, 5.41) is 9.05. The zero-order valence-corrected chi connectivity index (χ0v) is 12.4. The number of benzene rings is 1. The smallest absolute Gasteiger partial charge is 0.159 e. The second-order valence-electron chi connectivity index (χ2n) is 5.64. The molecule has 5 heteroatoms. The van der Waals surface area contributed by atoms with Gasteiger partial charge in [-0.15, -0.1) is 0 Å². The SMILES string of the molecule is CC(C)Cn1c(-c2cncn2C)nc2cc(C#N)ccc21. The maximum absolute atomic E-state index is 9.05. The highest BCUT2D eigenvalue weighted by Crippen LogP contribution is 2.26. The zero-order valence-electron chi connectivity index (χ0n) is 12.4. The van der Waals surface area contributed by atoms with Crippen LogP contribution in [-0.4, -0.2) is 19.1 Å². The third-order valence-corrected chi connectivity index (χ3v) is 3.47. The summed E-state index contributed by atoms with van der Waals surface area (Å²) in [5.41, 5.74) is 3.52. The van der Waals surface area contributed by atoms with E-state index in [2.05, 4.69) is 29.5 Å². The summed E-state index contributed by atoms with van der Waals surface area (Å²) in [5.74, 6) is 1.40. The molecule has 3 aromatic rings. The molecule has 0 atom stereocenters. The van der Waals surface area contributed by atoms with Gasteiger partial charge in [-0.05, 0) is 24.1 Å². The molecule has 0 aliphatic carbocycles. The van der Waals surface area contributed by atoms with Crippen LogP contribution in [0.4, 0.5) is 0 Å². The molecule has 1 aromatic carbocycles. The van der Waals surface area contributed by atoms with Crippen LogP contribution in [-0.2, 0) is 13.6 Å². The van der Waals surface area contributed by atoms with Gasteiger partial charge < -0.3 is 9.13 Å². The van der Waals surface area contributed by atoms with Gasteiger partial charge in [0.2, 0.25) is 0 Å². The molecular weight excluding hydrogens is 262 g/mol. The van der Waals surface area contributed by atoms with E-state index < -0.39 is 0 Å². The predicted octanol–water partition coefficient (Wildman–Crippen LogP) is 2.96. The molecule has 0 aliphatic heterocycles. The van der Waals surface area contributed by atoms with Crippen LogP contribution in [0.1, 0.15) is 19.4 Å². The normalized spacial score (nSPS) is 11.2. The standard InChI is InChI=1S/C16H17N5/c1-11(2)9-21-14-5-4-12(7-17)6-13(14)19-16(21)15-8-18-10-20(15)3/h4-6,8,10-11H,9H2,1-3H3. The van der Waals surface area contributed by atoms with E-state index in [1.54, 1.807) is 6.33 Å². The second-order valence-corrected chi connectivity index (χ2v) is 5.64. The Bertz CT molecular complexity index is 832. The molecule has 0 saturated heterocycles. The number of rotatable bonds is 3. The Morgan fingerprint density at radius 3 is 2.76 bits per heavy atom. The predicted molar refractivity (Wildman–Crippen MR) is 81.5 cm³/mol. The molecule has 0 radical (unpaired) electrons. The highest BCUT2D eigenvalue weighted by Gasteiger charge is 2.16. The molecule has 0 unspecified atom stereocenters. The molecule has 5 nitrogen and oxygen atoms in total. The van der Waals surface area contributed by atoms with Gasteiger partial charge in [0.1, 0.15) is 5.69 Å². The fourth-order valence-corrected chi connectivity index (χ4v) is 2.52. The lowest BCUT2D eigenvalue weighted by molar-refractivity contribution is 0.535. The molecule has 0 saturated carbocycles. The molecule has 21 heavy (non-hydrogen) atoms. The molecule has 2 aromatic heterocycles. The number of imidazole rings is 2. The minimum absolute atomic E-state index is 0.505. The molecule has 2 heterocycles. The molecule has 0 fully saturated rings. The van der Waals surface area contributed by atoms with Crippen LogP contribution in [0.2, 0.25) is 0 Å². The number of hydrogen-bond donors (Lipinski definition) is 0. The van der Waals surface area contributed by atoms with Crippen molar-refractivity contribution in [2.75, 3.05) is 0 Å². The third-order valence-electron chi connectivity index (χ3n) is 3.47. The van der Waals surface area contributed by atoms with Crippen molar-refractivity contribution in [2.45, 2.75) is 20.4 Å². The fraction of sp³-hybridized carbons (Fsp3) is 0.312. The molecule has 3 rings (SSSR count). The van der Waals surface area contributed by atoms with E-state index in [-0.39, 0.29) is 0 Å². The molecule has 0 aliphatic rings. The maximum atomic E-state index is 9.05. The van der Waals surface area contributed by atoms with E-state index in [4.69, 9.17) is 10.2 Å². The number of nitriles is 1. The van der Waals surface area contributed by atoms with Crippen molar-refractivity contribution in [1.29, 1.82) is 5.26 Å². The van der Waals surface area contributed by atoms with Gasteiger partial charge in [-0.25, -0.2) is 9.97 Å². The first-order chi connectivity index (χ1) is 10.1. The van der Waals surface area contributed by atoms with Gasteiger partial charge in [0.15, 0.2) is 5.82 Å². The van der Waals surface area contributed by atoms with Gasteiger partial charge in [0.25, 0.3) is 0 Å². The van der Waals surface area contributed by atoms with Gasteiger partial charge >= 0.3 is 0 Å². The Balaban J connectivity index is 2.27. The monoisotopic (exact) mass is 279 g/mol. The Kier molecular flexibility index (Phi) is 3.22. The summed E-state index contributed by atoms with van der Waals surface area (Å²) in [6.07, 6.45) is 3.60. The van der Waals surface area contributed by atoms with E-state index in [9.17, 15) is 0 Å². The van der Waals surface area contributed by atoms with E-state index in [0.717, 1.165) is 29.1 Å². The summed E-state index contributed by atoms with van der Waals surface area (Å²) in [4.78, 5) is 8.91. The maximum Gasteiger partial charge on any atom is 0.159 e. The largest absolute Gasteiger partial charge is 0.331 e. The van der Waals surface area contributed by atoms with Crippen LogP contribution in [0.25, 0.3) is 22.6 Å². The average Bonchev–Trinajstić information content (AvgIpc) is 3.02. The van der Waals surface area contributed by atoms with E-state index in [0.29, 0.717) is 11.5 Å². The third kappa shape index (κ3) is 2.29. The molecule has 0 spiro atoms. The average molecular weight is 279 g/mol.